The molecule has 0 aromatic carbocycles. The zero-order valence-corrected chi connectivity index (χ0v) is 16.4. The van der Waals surface area contributed by atoms with Crippen molar-refractivity contribution in [1.82, 2.24) is 15.1 Å². The van der Waals surface area contributed by atoms with Crippen molar-refractivity contribution < 1.29 is 14.5 Å². The van der Waals surface area contributed by atoms with Gasteiger partial charge in [-0.15, -0.1) is 0 Å². The Hall–Kier alpha value is -2.00. The van der Waals surface area contributed by atoms with Crippen LogP contribution in [0.15, 0.2) is 12.1 Å². The van der Waals surface area contributed by atoms with Crippen molar-refractivity contribution in [3.05, 3.63) is 27.1 Å². The lowest BCUT2D eigenvalue weighted by Crippen LogP contribution is -2.50. The van der Waals surface area contributed by atoms with Crippen LogP contribution in [0.3, 0.4) is 0 Å². The molecule has 1 aromatic rings. The third-order valence-electron chi connectivity index (χ3n) is 5.51. The fraction of sp³-hybridized carbons (Fsp3) is 0.667. The number of piperidine rings is 1. The second-order valence-corrected chi connectivity index (χ2v) is 8.27. The second-order valence-electron chi connectivity index (χ2n) is 7.21. The summed E-state index contributed by atoms with van der Waals surface area (Å²) in [5.41, 5.74) is 0. The summed E-state index contributed by atoms with van der Waals surface area (Å²) in [6.45, 7) is 3.02. The molecule has 1 N–H and O–H groups in total. The maximum Gasteiger partial charge on any atom is 0.324 e. The normalized spacial score (nSPS) is 20.9. The predicted octanol–water partition coefficient (Wildman–Crippen LogP) is 2.11. The van der Waals surface area contributed by atoms with Crippen LogP contribution in [0, 0.1) is 16.0 Å². The van der Waals surface area contributed by atoms with Crippen LogP contribution >= 0.6 is 11.3 Å². The molecule has 148 valence electrons. The first-order valence-corrected chi connectivity index (χ1v) is 10.3. The minimum Gasteiger partial charge on any atom is -0.341 e. The SMILES string of the molecule is CNCCC1CCN(C(=O)C2CCCN2C(=O)c2ccc([N+](=O)[O-])s2)CC1. The van der Waals surface area contributed by atoms with Crippen LogP contribution in [0.1, 0.15) is 41.8 Å². The molecule has 0 aliphatic carbocycles. The number of rotatable bonds is 6. The summed E-state index contributed by atoms with van der Waals surface area (Å²) in [6.07, 6.45) is 4.59. The van der Waals surface area contributed by atoms with Gasteiger partial charge in [-0.05, 0) is 57.7 Å². The van der Waals surface area contributed by atoms with E-state index in [1.54, 1.807) is 4.90 Å². The molecule has 3 heterocycles. The fourth-order valence-electron chi connectivity index (χ4n) is 3.95. The summed E-state index contributed by atoms with van der Waals surface area (Å²) in [5.74, 6) is 0.404. The minimum absolute atomic E-state index is 0.0268. The molecule has 2 aliphatic rings. The molecule has 0 radical (unpaired) electrons. The van der Waals surface area contributed by atoms with Crippen LogP contribution in [0.2, 0.25) is 0 Å². The summed E-state index contributed by atoms with van der Waals surface area (Å²) < 4.78 is 0. The van der Waals surface area contributed by atoms with Crippen molar-refractivity contribution in [1.29, 1.82) is 0 Å². The number of nitro groups is 1. The molecule has 9 heteroatoms. The number of nitrogens with one attached hydrogen (secondary N) is 1. The first-order valence-electron chi connectivity index (χ1n) is 9.50. The summed E-state index contributed by atoms with van der Waals surface area (Å²) in [4.78, 5) is 40.0. The maximum absolute atomic E-state index is 13.0. The smallest absolute Gasteiger partial charge is 0.324 e. The maximum atomic E-state index is 13.0. The van der Waals surface area contributed by atoms with Gasteiger partial charge in [0.25, 0.3) is 5.91 Å². The van der Waals surface area contributed by atoms with E-state index in [0.29, 0.717) is 23.8 Å². The van der Waals surface area contributed by atoms with Crippen LogP contribution in [-0.4, -0.2) is 65.8 Å². The van der Waals surface area contributed by atoms with Crippen LogP contribution in [0.5, 0.6) is 0 Å². The Balaban J connectivity index is 1.61. The van der Waals surface area contributed by atoms with Gasteiger partial charge in [0.2, 0.25) is 5.91 Å². The average Bonchev–Trinajstić information content (AvgIpc) is 3.35. The summed E-state index contributed by atoms with van der Waals surface area (Å²) in [7, 11) is 1.95. The average molecular weight is 394 g/mol. The van der Waals surface area contributed by atoms with Crippen LogP contribution < -0.4 is 5.32 Å². The van der Waals surface area contributed by atoms with Crippen molar-refractivity contribution in [3.8, 4) is 0 Å². The van der Waals surface area contributed by atoms with Crippen molar-refractivity contribution in [2.75, 3.05) is 33.2 Å². The topological polar surface area (TPSA) is 95.8 Å². The molecule has 0 bridgehead atoms. The van der Waals surface area contributed by atoms with Crippen LogP contribution in [0.25, 0.3) is 0 Å². The van der Waals surface area contributed by atoms with Gasteiger partial charge in [-0.2, -0.15) is 0 Å². The van der Waals surface area contributed by atoms with Gasteiger partial charge in [0, 0.05) is 25.7 Å². The van der Waals surface area contributed by atoms with E-state index in [2.05, 4.69) is 5.32 Å². The summed E-state index contributed by atoms with van der Waals surface area (Å²) >= 11 is 0.872. The number of nitrogens with zero attached hydrogens (tertiary/aromatic N) is 3. The van der Waals surface area contributed by atoms with Gasteiger partial charge >= 0.3 is 5.00 Å². The molecular weight excluding hydrogens is 368 g/mol. The number of thiophene rings is 1. The van der Waals surface area contributed by atoms with Crippen LogP contribution in [0.4, 0.5) is 5.00 Å². The Bertz CT molecular complexity index is 699. The molecule has 0 spiro atoms. The van der Waals surface area contributed by atoms with Gasteiger partial charge in [-0.1, -0.05) is 11.3 Å². The Morgan fingerprint density at radius 2 is 2.00 bits per heavy atom. The molecular formula is C18H26N4O4S. The lowest BCUT2D eigenvalue weighted by molar-refractivity contribution is -0.380. The molecule has 2 fully saturated rings. The molecule has 2 saturated heterocycles. The quantitative estimate of drug-likeness (QED) is 0.589. The molecule has 1 unspecified atom stereocenters. The highest BCUT2D eigenvalue weighted by Gasteiger charge is 2.38. The van der Waals surface area contributed by atoms with Gasteiger partial charge in [0.05, 0.1) is 9.80 Å². The van der Waals surface area contributed by atoms with Crippen molar-refractivity contribution in [2.45, 2.75) is 38.1 Å². The predicted molar refractivity (Wildman–Crippen MR) is 103 cm³/mol. The molecule has 27 heavy (non-hydrogen) atoms. The van der Waals surface area contributed by atoms with Crippen LogP contribution in [-0.2, 0) is 4.79 Å². The van der Waals surface area contributed by atoms with Crippen molar-refractivity contribution in [3.63, 3.8) is 0 Å². The Kier molecular flexibility index (Phi) is 6.43. The number of hydrogen-bond acceptors (Lipinski definition) is 6. The van der Waals surface area contributed by atoms with E-state index in [4.69, 9.17) is 0 Å². The van der Waals surface area contributed by atoms with E-state index in [0.717, 1.165) is 56.7 Å². The molecule has 2 aliphatic heterocycles. The van der Waals surface area contributed by atoms with Gasteiger partial charge < -0.3 is 15.1 Å². The lowest BCUT2D eigenvalue weighted by Gasteiger charge is -2.35. The van der Waals surface area contributed by atoms with Crippen molar-refractivity contribution >= 4 is 28.2 Å². The second kappa shape index (κ2) is 8.79. The summed E-state index contributed by atoms with van der Waals surface area (Å²) in [6, 6.07) is 2.39. The Labute approximate surface area is 162 Å². The highest BCUT2D eigenvalue weighted by Crippen LogP contribution is 2.29. The fourth-order valence-corrected chi connectivity index (χ4v) is 4.73. The molecule has 1 atom stereocenters. The minimum atomic E-state index is -0.494. The number of amides is 2. The van der Waals surface area contributed by atoms with E-state index < -0.39 is 11.0 Å². The van der Waals surface area contributed by atoms with Gasteiger partial charge in [-0.3, -0.25) is 19.7 Å². The van der Waals surface area contributed by atoms with E-state index in [1.165, 1.54) is 12.1 Å². The third kappa shape index (κ3) is 4.47. The zero-order valence-electron chi connectivity index (χ0n) is 15.6. The molecule has 3 rings (SSSR count). The highest BCUT2D eigenvalue weighted by molar-refractivity contribution is 7.17. The molecule has 0 saturated carbocycles. The lowest BCUT2D eigenvalue weighted by atomic mass is 9.93. The zero-order chi connectivity index (χ0) is 19.4. The monoisotopic (exact) mass is 394 g/mol. The van der Waals surface area contributed by atoms with Gasteiger partial charge in [0.15, 0.2) is 0 Å². The molecule has 1 aromatic heterocycles. The first-order chi connectivity index (χ1) is 13.0. The van der Waals surface area contributed by atoms with Gasteiger partial charge in [-0.25, -0.2) is 0 Å². The Morgan fingerprint density at radius 1 is 1.26 bits per heavy atom. The number of likely N-dealkylation sites (tertiary alicyclic amines) is 2. The van der Waals surface area contributed by atoms with E-state index >= 15 is 0 Å². The molecule has 2 amide bonds. The first kappa shape index (κ1) is 19.8. The summed E-state index contributed by atoms with van der Waals surface area (Å²) in [5, 5.41) is 14.0. The molecule has 8 nitrogen and oxygen atoms in total. The number of hydrogen-bond donors (Lipinski definition) is 1. The third-order valence-corrected chi connectivity index (χ3v) is 6.53. The standard InChI is InChI=1S/C18H26N4O4S/c1-19-9-6-13-7-11-20(12-8-13)17(23)14-3-2-10-21(14)18(24)15-4-5-16(27-15)22(25)26/h4-5,13-14,19H,2-3,6-12H2,1H3. The number of carbonyl (C=O) groups is 2. The van der Waals surface area contributed by atoms with Gasteiger partial charge in [0.1, 0.15) is 6.04 Å². The van der Waals surface area contributed by atoms with E-state index in [-0.39, 0.29) is 16.8 Å². The van der Waals surface area contributed by atoms with E-state index in [9.17, 15) is 19.7 Å². The Morgan fingerprint density at radius 3 is 2.63 bits per heavy atom. The van der Waals surface area contributed by atoms with E-state index in [1.807, 2.05) is 11.9 Å². The van der Waals surface area contributed by atoms with Crippen molar-refractivity contribution in [2.24, 2.45) is 5.92 Å². The largest absolute Gasteiger partial charge is 0.341 e. The highest BCUT2D eigenvalue weighted by atomic mass is 32.1. The number of carbonyl (C=O) groups excluding carboxylic acids is 2.